The first-order valence-electron chi connectivity index (χ1n) is 11.6. The smallest absolute Gasteiger partial charge is 0.226 e. The molecule has 5 fully saturated rings. The summed E-state index contributed by atoms with van der Waals surface area (Å²) in [6, 6.07) is 0. The second-order valence-corrected chi connectivity index (χ2v) is 10.1. The normalized spacial score (nSPS) is 33.1. The zero-order valence-corrected chi connectivity index (χ0v) is 17.9. The van der Waals surface area contributed by atoms with Crippen molar-refractivity contribution in [2.24, 2.45) is 23.2 Å². The predicted octanol–water partition coefficient (Wildman–Crippen LogP) is 1.74. The molecule has 6 rings (SSSR count). The van der Waals surface area contributed by atoms with Gasteiger partial charge in [0.2, 0.25) is 17.7 Å². The lowest BCUT2D eigenvalue weighted by Crippen LogP contribution is -2.54. The fraction of sp³-hybridized carbons (Fsp3) is 0.818. The van der Waals surface area contributed by atoms with Gasteiger partial charge in [-0.25, -0.2) is 0 Å². The van der Waals surface area contributed by atoms with Crippen LogP contribution in [0.25, 0.3) is 0 Å². The molecule has 8 nitrogen and oxygen atoms in total. The summed E-state index contributed by atoms with van der Waals surface area (Å²) in [4.78, 5) is 34.0. The SMILES string of the molecule is Cc1nc(CN2CCN(C(=O)CCNC(=O)C34CC5CC(CC(C5)C3)C4)CC2)no1. The van der Waals surface area contributed by atoms with E-state index in [1.165, 1.54) is 19.3 Å². The molecule has 1 aromatic rings. The summed E-state index contributed by atoms with van der Waals surface area (Å²) < 4.78 is 5.02. The molecular formula is C22H33N5O3. The fourth-order valence-corrected chi connectivity index (χ4v) is 6.78. The molecule has 0 aromatic carbocycles. The van der Waals surface area contributed by atoms with E-state index < -0.39 is 0 Å². The van der Waals surface area contributed by atoms with E-state index in [0.717, 1.165) is 50.1 Å². The number of piperazine rings is 1. The van der Waals surface area contributed by atoms with Crippen molar-refractivity contribution in [1.82, 2.24) is 25.3 Å². The summed E-state index contributed by atoms with van der Waals surface area (Å²) in [7, 11) is 0. The highest BCUT2D eigenvalue weighted by molar-refractivity contribution is 5.84. The van der Waals surface area contributed by atoms with Crippen molar-refractivity contribution in [3.8, 4) is 0 Å². The zero-order valence-electron chi connectivity index (χ0n) is 17.9. The summed E-state index contributed by atoms with van der Waals surface area (Å²) in [6.07, 6.45) is 7.61. The van der Waals surface area contributed by atoms with Crippen LogP contribution in [-0.4, -0.2) is 64.5 Å². The molecule has 164 valence electrons. The Morgan fingerprint density at radius 1 is 1.07 bits per heavy atom. The van der Waals surface area contributed by atoms with Gasteiger partial charge in [-0.15, -0.1) is 0 Å². The average molecular weight is 416 g/mol. The third-order valence-electron chi connectivity index (χ3n) is 7.80. The monoisotopic (exact) mass is 415 g/mol. The van der Waals surface area contributed by atoms with Gasteiger partial charge in [0, 0.05) is 51.5 Å². The number of rotatable bonds is 6. The van der Waals surface area contributed by atoms with Crippen molar-refractivity contribution >= 4 is 11.8 Å². The number of aryl methyl sites for hydroxylation is 1. The van der Waals surface area contributed by atoms with E-state index in [0.29, 0.717) is 44.3 Å². The Morgan fingerprint density at radius 2 is 1.70 bits per heavy atom. The Bertz CT molecular complexity index is 763. The van der Waals surface area contributed by atoms with Gasteiger partial charge in [-0.05, 0) is 56.3 Å². The molecule has 2 amide bonds. The van der Waals surface area contributed by atoms with Gasteiger partial charge in [-0.1, -0.05) is 5.16 Å². The van der Waals surface area contributed by atoms with Gasteiger partial charge in [0.25, 0.3) is 0 Å². The number of amides is 2. The number of nitrogens with one attached hydrogen (secondary N) is 1. The minimum Gasteiger partial charge on any atom is -0.355 e. The topological polar surface area (TPSA) is 91.6 Å². The van der Waals surface area contributed by atoms with Gasteiger partial charge in [0.05, 0.1) is 6.54 Å². The molecule has 0 radical (unpaired) electrons. The Labute approximate surface area is 177 Å². The van der Waals surface area contributed by atoms with E-state index in [-0.39, 0.29) is 17.2 Å². The number of hydrogen-bond acceptors (Lipinski definition) is 6. The van der Waals surface area contributed by atoms with Crippen molar-refractivity contribution < 1.29 is 14.1 Å². The summed E-state index contributed by atoms with van der Waals surface area (Å²) in [5.74, 6) is 3.91. The molecule has 1 N–H and O–H groups in total. The van der Waals surface area contributed by atoms with Gasteiger partial charge in [-0.2, -0.15) is 4.98 Å². The summed E-state index contributed by atoms with van der Waals surface area (Å²) in [5.41, 5.74) is -0.128. The molecule has 1 aromatic heterocycles. The van der Waals surface area contributed by atoms with E-state index >= 15 is 0 Å². The molecule has 1 saturated heterocycles. The molecule has 30 heavy (non-hydrogen) atoms. The molecule has 2 heterocycles. The number of aromatic nitrogens is 2. The van der Waals surface area contributed by atoms with Crippen LogP contribution in [0.4, 0.5) is 0 Å². The lowest BCUT2D eigenvalue weighted by Gasteiger charge is -2.55. The van der Waals surface area contributed by atoms with E-state index in [1.54, 1.807) is 6.92 Å². The number of nitrogens with zero attached hydrogens (tertiary/aromatic N) is 4. The first-order valence-corrected chi connectivity index (χ1v) is 11.6. The first-order chi connectivity index (χ1) is 14.5. The molecule has 4 bridgehead atoms. The van der Waals surface area contributed by atoms with Crippen LogP contribution < -0.4 is 5.32 Å². The van der Waals surface area contributed by atoms with E-state index in [4.69, 9.17) is 4.52 Å². The van der Waals surface area contributed by atoms with Crippen LogP contribution >= 0.6 is 0 Å². The van der Waals surface area contributed by atoms with Crippen molar-refractivity contribution in [1.29, 1.82) is 0 Å². The number of carbonyl (C=O) groups is 2. The van der Waals surface area contributed by atoms with Crippen molar-refractivity contribution in [3.05, 3.63) is 11.7 Å². The van der Waals surface area contributed by atoms with E-state index in [9.17, 15) is 9.59 Å². The van der Waals surface area contributed by atoms with Crippen LogP contribution in [0.1, 0.15) is 56.7 Å². The Morgan fingerprint density at radius 3 is 2.27 bits per heavy atom. The molecule has 5 aliphatic rings. The highest BCUT2D eigenvalue weighted by Gasteiger charge is 2.54. The molecule has 0 atom stereocenters. The van der Waals surface area contributed by atoms with Gasteiger partial charge >= 0.3 is 0 Å². The minimum atomic E-state index is -0.128. The minimum absolute atomic E-state index is 0.128. The highest BCUT2D eigenvalue weighted by Crippen LogP contribution is 2.60. The lowest BCUT2D eigenvalue weighted by molar-refractivity contribution is -0.146. The van der Waals surface area contributed by atoms with Gasteiger partial charge in [0.15, 0.2) is 5.82 Å². The largest absolute Gasteiger partial charge is 0.355 e. The maximum absolute atomic E-state index is 13.0. The van der Waals surface area contributed by atoms with Crippen LogP contribution in [0.3, 0.4) is 0 Å². The standard InChI is InChI=1S/C22H33N5O3/c1-15-24-19(25-30-15)14-26-4-6-27(7-5-26)20(28)2-3-23-21(29)22-11-16-8-17(12-22)10-18(9-16)13-22/h16-18H,2-14H2,1H3,(H,23,29). The zero-order chi connectivity index (χ0) is 20.7. The van der Waals surface area contributed by atoms with Crippen LogP contribution in [0.2, 0.25) is 0 Å². The van der Waals surface area contributed by atoms with E-state index in [2.05, 4.69) is 20.4 Å². The van der Waals surface area contributed by atoms with E-state index in [1.807, 2.05) is 4.90 Å². The highest BCUT2D eigenvalue weighted by atomic mass is 16.5. The van der Waals surface area contributed by atoms with Crippen molar-refractivity contribution in [2.75, 3.05) is 32.7 Å². The number of carbonyl (C=O) groups excluding carboxylic acids is 2. The second-order valence-electron chi connectivity index (χ2n) is 10.1. The molecular weight excluding hydrogens is 382 g/mol. The summed E-state index contributed by atoms with van der Waals surface area (Å²) >= 11 is 0. The molecule has 4 saturated carbocycles. The maximum Gasteiger partial charge on any atom is 0.226 e. The van der Waals surface area contributed by atoms with Gasteiger partial charge in [0.1, 0.15) is 0 Å². The second kappa shape index (κ2) is 7.94. The van der Waals surface area contributed by atoms with Crippen molar-refractivity contribution in [2.45, 2.75) is 58.4 Å². The van der Waals surface area contributed by atoms with Crippen molar-refractivity contribution in [3.63, 3.8) is 0 Å². The molecule has 8 heteroatoms. The molecule has 0 spiro atoms. The Balaban J connectivity index is 1.04. The lowest BCUT2D eigenvalue weighted by atomic mass is 9.49. The molecule has 4 aliphatic carbocycles. The quantitative estimate of drug-likeness (QED) is 0.761. The van der Waals surface area contributed by atoms with Gasteiger partial charge in [-0.3, -0.25) is 14.5 Å². The predicted molar refractivity (Wildman–Crippen MR) is 109 cm³/mol. The molecule has 0 unspecified atom stereocenters. The summed E-state index contributed by atoms with van der Waals surface area (Å²) in [6.45, 7) is 5.92. The maximum atomic E-state index is 13.0. The van der Waals surface area contributed by atoms with Crippen LogP contribution in [0.15, 0.2) is 4.52 Å². The van der Waals surface area contributed by atoms with Gasteiger partial charge < -0.3 is 14.7 Å². The third kappa shape index (κ3) is 3.98. The van der Waals surface area contributed by atoms with Crippen LogP contribution in [0.5, 0.6) is 0 Å². The Kier molecular flexibility index (Phi) is 5.29. The number of hydrogen-bond donors (Lipinski definition) is 1. The molecule has 1 aliphatic heterocycles. The average Bonchev–Trinajstić information content (AvgIpc) is 3.12. The van der Waals surface area contributed by atoms with Crippen LogP contribution in [0, 0.1) is 30.1 Å². The summed E-state index contributed by atoms with van der Waals surface area (Å²) in [5, 5.41) is 7.07. The fourth-order valence-electron chi connectivity index (χ4n) is 6.78. The third-order valence-corrected chi connectivity index (χ3v) is 7.80. The first kappa shape index (κ1) is 20.0. The van der Waals surface area contributed by atoms with Crippen LogP contribution in [-0.2, 0) is 16.1 Å². The Hall–Kier alpha value is -1.96.